The van der Waals surface area contributed by atoms with Gasteiger partial charge in [0.05, 0.1) is 17.9 Å². The Hall–Kier alpha value is -3.05. The summed E-state index contributed by atoms with van der Waals surface area (Å²) in [5.41, 5.74) is 0.782. The summed E-state index contributed by atoms with van der Waals surface area (Å²) in [6.07, 6.45) is 3.22. The number of halogens is 1. The highest BCUT2D eigenvalue weighted by atomic mass is 32.2. The molecular weight excluding hydrogens is 415 g/mol. The number of nitrogens with zero attached hydrogens (tertiary/aromatic N) is 5. The second kappa shape index (κ2) is 7.08. The third-order valence-corrected chi connectivity index (χ3v) is 6.33. The molecule has 4 heterocycles. The number of carbonyl (C=O) groups excluding carboxylic acids is 1. The average Bonchev–Trinajstić information content (AvgIpc) is 3.43. The Bertz CT molecular complexity index is 1270. The number of anilines is 1. The molecule has 4 aromatic rings. The van der Waals surface area contributed by atoms with E-state index in [1.54, 1.807) is 28.3 Å². The van der Waals surface area contributed by atoms with E-state index in [9.17, 15) is 14.0 Å². The quantitative estimate of drug-likeness (QED) is 0.503. The molecule has 1 aliphatic rings. The molecule has 1 amide bonds. The predicted molar refractivity (Wildman–Crippen MR) is 108 cm³/mol. The van der Waals surface area contributed by atoms with E-state index in [-0.39, 0.29) is 29.7 Å². The van der Waals surface area contributed by atoms with Crippen LogP contribution in [0.4, 0.5) is 9.52 Å². The van der Waals surface area contributed by atoms with Crippen molar-refractivity contribution in [2.75, 3.05) is 11.1 Å². The molecule has 1 N–H and O–H groups in total. The zero-order chi connectivity index (χ0) is 20.0. The number of hydrogen-bond acceptors (Lipinski definition) is 7. The Balaban J connectivity index is 1.48. The van der Waals surface area contributed by atoms with Crippen molar-refractivity contribution in [2.45, 2.75) is 17.6 Å². The molecule has 0 unspecified atom stereocenters. The molecule has 8 nitrogen and oxygen atoms in total. The molecule has 3 aromatic heterocycles. The van der Waals surface area contributed by atoms with Gasteiger partial charge >= 0.3 is 0 Å². The topological polar surface area (TPSA) is 94.7 Å². The Kier molecular flexibility index (Phi) is 4.40. The molecule has 0 saturated heterocycles. The van der Waals surface area contributed by atoms with Gasteiger partial charge in [0.15, 0.2) is 15.9 Å². The zero-order valence-corrected chi connectivity index (χ0v) is 16.4. The summed E-state index contributed by atoms with van der Waals surface area (Å²) in [6, 6.07) is 5.51. The van der Waals surface area contributed by atoms with Gasteiger partial charge in [-0.25, -0.2) is 19.0 Å². The van der Waals surface area contributed by atoms with Crippen LogP contribution in [0.2, 0.25) is 0 Å². The normalized spacial score (nSPS) is 15.6. The minimum atomic E-state index is -0.353. The lowest BCUT2D eigenvalue weighted by Gasteiger charge is -2.12. The third kappa shape index (κ3) is 3.21. The fourth-order valence-corrected chi connectivity index (χ4v) is 4.90. The van der Waals surface area contributed by atoms with E-state index in [1.165, 1.54) is 46.1 Å². The van der Waals surface area contributed by atoms with Crippen LogP contribution in [-0.2, 0) is 4.79 Å². The molecule has 29 heavy (non-hydrogen) atoms. The van der Waals surface area contributed by atoms with Crippen molar-refractivity contribution >= 4 is 45.2 Å². The monoisotopic (exact) mass is 428 g/mol. The van der Waals surface area contributed by atoms with Crippen LogP contribution in [0.3, 0.4) is 0 Å². The first-order chi connectivity index (χ1) is 14.1. The fourth-order valence-electron chi connectivity index (χ4n) is 3.22. The largest absolute Gasteiger partial charge is 0.302 e. The van der Waals surface area contributed by atoms with E-state index in [0.29, 0.717) is 32.8 Å². The molecular formula is C18H13FN6O2S2. The summed E-state index contributed by atoms with van der Waals surface area (Å²) in [6.45, 7) is 0. The Labute approximate surface area is 171 Å². The van der Waals surface area contributed by atoms with Gasteiger partial charge in [-0.2, -0.15) is 5.10 Å². The van der Waals surface area contributed by atoms with E-state index in [4.69, 9.17) is 0 Å². The van der Waals surface area contributed by atoms with Crippen LogP contribution < -0.4 is 10.9 Å². The number of thioether (sulfide) groups is 1. The maximum Gasteiger partial charge on any atom is 0.265 e. The average molecular weight is 428 g/mol. The van der Waals surface area contributed by atoms with Gasteiger partial charge in [0.1, 0.15) is 11.2 Å². The molecule has 1 aromatic carbocycles. The summed E-state index contributed by atoms with van der Waals surface area (Å²) < 4.78 is 16.3. The lowest BCUT2D eigenvalue weighted by Crippen LogP contribution is -2.27. The molecule has 5 rings (SSSR count). The first kappa shape index (κ1) is 18.0. The predicted octanol–water partition coefficient (Wildman–Crippen LogP) is 2.85. The van der Waals surface area contributed by atoms with Crippen LogP contribution in [0.5, 0.6) is 0 Å². The van der Waals surface area contributed by atoms with Crippen molar-refractivity contribution in [3.05, 3.63) is 58.2 Å². The van der Waals surface area contributed by atoms with Gasteiger partial charge in [-0.3, -0.25) is 14.2 Å². The Morgan fingerprint density at radius 1 is 1.31 bits per heavy atom. The first-order valence-electron chi connectivity index (χ1n) is 8.68. The second-order valence-corrected chi connectivity index (χ2v) is 8.28. The van der Waals surface area contributed by atoms with Gasteiger partial charge in [0.2, 0.25) is 5.91 Å². The van der Waals surface area contributed by atoms with Gasteiger partial charge in [0.25, 0.3) is 5.56 Å². The lowest BCUT2D eigenvalue weighted by atomic mass is 10.2. The summed E-state index contributed by atoms with van der Waals surface area (Å²) in [5.74, 6) is 0.0189. The molecule has 0 saturated carbocycles. The fraction of sp³-hybridized carbons (Fsp3) is 0.167. The van der Waals surface area contributed by atoms with Crippen molar-refractivity contribution < 1.29 is 9.18 Å². The number of aromatic nitrogens is 5. The van der Waals surface area contributed by atoms with Crippen LogP contribution in [0.15, 0.2) is 52.0 Å². The number of thiazole rings is 1. The van der Waals surface area contributed by atoms with Gasteiger partial charge in [-0.05, 0) is 24.3 Å². The number of carbonyl (C=O) groups is 1. The minimum Gasteiger partial charge on any atom is -0.302 e. The molecule has 0 fully saturated rings. The minimum absolute atomic E-state index is 0.152. The molecule has 1 atom stereocenters. The second-order valence-electron chi connectivity index (χ2n) is 6.39. The number of fused-ring (bicyclic) bond motifs is 2. The molecule has 0 bridgehead atoms. The zero-order valence-electron chi connectivity index (χ0n) is 14.8. The van der Waals surface area contributed by atoms with Crippen LogP contribution in [0.25, 0.3) is 16.7 Å². The van der Waals surface area contributed by atoms with Crippen molar-refractivity contribution in [2.24, 2.45) is 0 Å². The van der Waals surface area contributed by atoms with E-state index in [0.717, 1.165) is 0 Å². The van der Waals surface area contributed by atoms with Crippen LogP contribution in [-0.4, -0.2) is 36.0 Å². The van der Waals surface area contributed by atoms with Gasteiger partial charge < -0.3 is 5.32 Å². The summed E-state index contributed by atoms with van der Waals surface area (Å²) in [4.78, 5) is 34.0. The molecule has 0 aliphatic carbocycles. The van der Waals surface area contributed by atoms with Crippen LogP contribution >= 0.6 is 23.1 Å². The molecule has 0 spiro atoms. The summed E-state index contributed by atoms with van der Waals surface area (Å²) in [5, 5.41) is 10.2. The highest BCUT2D eigenvalue weighted by molar-refractivity contribution is 7.99. The molecule has 1 aliphatic heterocycles. The molecule has 0 radical (unpaired) electrons. The molecule has 11 heteroatoms. The number of benzene rings is 1. The van der Waals surface area contributed by atoms with Crippen LogP contribution in [0.1, 0.15) is 12.5 Å². The van der Waals surface area contributed by atoms with Gasteiger partial charge in [-0.15, -0.1) is 11.3 Å². The van der Waals surface area contributed by atoms with Gasteiger partial charge in [-0.1, -0.05) is 11.8 Å². The number of amides is 1. The van der Waals surface area contributed by atoms with E-state index < -0.39 is 0 Å². The maximum absolute atomic E-state index is 13.2. The Morgan fingerprint density at radius 2 is 2.14 bits per heavy atom. The highest BCUT2D eigenvalue weighted by Gasteiger charge is 2.29. The third-order valence-electron chi connectivity index (χ3n) is 4.54. The number of rotatable bonds is 4. The number of nitrogens with one attached hydrogen (secondary N) is 1. The summed E-state index contributed by atoms with van der Waals surface area (Å²) in [7, 11) is 0. The van der Waals surface area contributed by atoms with Crippen molar-refractivity contribution in [1.82, 2.24) is 24.3 Å². The van der Waals surface area contributed by atoms with E-state index >= 15 is 0 Å². The van der Waals surface area contributed by atoms with E-state index in [1.807, 2.05) is 0 Å². The maximum atomic E-state index is 13.2. The summed E-state index contributed by atoms with van der Waals surface area (Å²) >= 11 is 2.76. The smallest absolute Gasteiger partial charge is 0.265 e. The van der Waals surface area contributed by atoms with Crippen molar-refractivity contribution in [3.63, 3.8) is 0 Å². The SMILES string of the molecule is O=C(C[C@@H]1CSc2nc3c(cnn3-c3ccc(F)cc3)c(=O)n21)Nc1nccs1. The Morgan fingerprint density at radius 3 is 2.90 bits per heavy atom. The van der Waals surface area contributed by atoms with Crippen molar-refractivity contribution in [1.29, 1.82) is 0 Å². The standard InChI is InChI=1S/C18H13FN6O2S2/c19-10-1-3-11(4-2-10)25-15-13(8-21-25)16(27)24-12(9-29-18(24)23-15)7-14(26)22-17-20-5-6-28-17/h1-6,8,12H,7,9H2,(H,20,22,26)/t12-/m1/s1. The first-order valence-corrected chi connectivity index (χ1v) is 10.5. The lowest BCUT2D eigenvalue weighted by molar-refractivity contribution is -0.116. The van der Waals surface area contributed by atoms with E-state index in [2.05, 4.69) is 20.4 Å². The van der Waals surface area contributed by atoms with Crippen molar-refractivity contribution in [3.8, 4) is 5.69 Å². The van der Waals surface area contributed by atoms with Crippen LogP contribution in [0, 0.1) is 5.82 Å². The molecule has 146 valence electrons. The highest BCUT2D eigenvalue weighted by Crippen LogP contribution is 2.33. The number of hydrogen-bond donors (Lipinski definition) is 1. The van der Waals surface area contributed by atoms with Gasteiger partial charge in [0, 0.05) is 23.8 Å².